The number of aliphatic imine (C=N–C) groups is 1. The third-order valence-electron chi connectivity index (χ3n) is 7.80. The van der Waals surface area contributed by atoms with Gasteiger partial charge in [0.2, 0.25) is 15.8 Å². The topological polar surface area (TPSA) is 86.2 Å². The summed E-state index contributed by atoms with van der Waals surface area (Å²) in [5, 5.41) is 0. The highest BCUT2D eigenvalue weighted by molar-refractivity contribution is 7.91. The number of nitrogens with one attached hydrogen (secondary N) is 1. The smallest absolute Gasteiger partial charge is 0.255 e. The minimum absolute atomic E-state index is 0.164. The zero-order valence-electron chi connectivity index (χ0n) is 27.2. The number of unbranched alkanes of at least 4 members (excludes halogenated alkanes) is 2. The Morgan fingerprint density at radius 2 is 1.89 bits per heavy atom. The first-order valence-corrected chi connectivity index (χ1v) is 16.8. The highest BCUT2D eigenvalue weighted by atomic mass is 32.2. The molecule has 0 fully saturated rings. The number of hydrogen-bond donors (Lipinski definition) is 1. The third-order valence-corrected chi connectivity index (χ3v) is 9.90. The van der Waals surface area contributed by atoms with Crippen LogP contribution in [0.15, 0.2) is 88.3 Å². The van der Waals surface area contributed by atoms with Crippen LogP contribution in [-0.4, -0.2) is 38.8 Å². The van der Waals surface area contributed by atoms with Crippen molar-refractivity contribution in [3.8, 4) is 23.8 Å². The van der Waals surface area contributed by atoms with E-state index < -0.39 is 14.8 Å². The lowest BCUT2D eigenvalue weighted by atomic mass is 9.92. The Bertz CT molecular complexity index is 1490. The Hall–Kier alpha value is -3.70. The van der Waals surface area contributed by atoms with Gasteiger partial charge >= 0.3 is 0 Å². The third kappa shape index (κ3) is 9.15. The maximum absolute atomic E-state index is 13.9. The molecule has 1 aromatic carbocycles. The number of allylic oxidation sites excluding steroid dienone is 6. The lowest BCUT2D eigenvalue weighted by Gasteiger charge is -2.30. The fourth-order valence-electron chi connectivity index (χ4n) is 4.87. The molecule has 1 aromatic rings. The van der Waals surface area contributed by atoms with E-state index in [0.29, 0.717) is 49.2 Å². The molecule has 238 valence electrons. The lowest BCUT2D eigenvalue weighted by molar-refractivity contribution is 0.273. The Balaban J connectivity index is 2.09. The van der Waals surface area contributed by atoms with Crippen LogP contribution in [0.25, 0.3) is 0 Å². The Morgan fingerprint density at radius 3 is 2.50 bits per heavy atom. The molecule has 7 nitrogen and oxygen atoms in total. The molecule has 0 aromatic heterocycles. The molecule has 0 saturated heterocycles. The zero-order chi connectivity index (χ0) is 32.3. The van der Waals surface area contributed by atoms with Crippen LogP contribution < -0.4 is 14.2 Å². The van der Waals surface area contributed by atoms with Gasteiger partial charge in [0.05, 0.1) is 25.5 Å². The number of ether oxygens (including phenoxy) is 3. The summed E-state index contributed by atoms with van der Waals surface area (Å²) in [7, 11) is -2.36. The molecule has 0 saturated carbocycles. The van der Waals surface area contributed by atoms with Crippen molar-refractivity contribution in [1.82, 2.24) is 4.72 Å². The van der Waals surface area contributed by atoms with Crippen LogP contribution >= 0.6 is 0 Å². The molecule has 1 N–H and O–H groups in total. The van der Waals surface area contributed by atoms with Crippen LogP contribution in [-0.2, 0) is 14.8 Å². The van der Waals surface area contributed by atoms with Crippen molar-refractivity contribution in [1.29, 1.82) is 0 Å². The number of para-hydroxylation sites is 2. The first-order valence-electron chi connectivity index (χ1n) is 15.4. The van der Waals surface area contributed by atoms with Crippen molar-refractivity contribution in [2.45, 2.75) is 84.4 Å². The zero-order valence-corrected chi connectivity index (χ0v) is 28.0. The van der Waals surface area contributed by atoms with Gasteiger partial charge in [-0.1, -0.05) is 69.4 Å². The van der Waals surface area contributed by atoms with Gasteiger partial charge in [0, 0.05) is 6.42 Å². The minimum Gasteiger partial charge on any atom is -0.493 e. The summed E-state index contributed by atoms with van der Waals surface area (Å²) >= 11 is 0. The Kier molecular flexibility index (Phi) is 12.5. The monoisotopic (exact) mass is 620 g/mol. The number of methoxy groups -OCH3 is 1. The van der Waals surface area contributed by atoms with Gasteiger partial charge in [-0.15, -0.1) is 12.3 Å². The lowest BCUT2D eigenvalue weighted by Crippen LogP contribution is -2.43. The number of rotatable bonds is 14. The van der Waals surface area contributed by atoms with Gasteiger partial charge in [-0.3, -0.25) is 4.72 Å². The quantitative estimate of drug-likeness (QED) is 0.0759. The highest BCUT2D eigenvalue weighted by Gasteiger charge is 2.38. The normalized spacial score (nSPS) is 21.5. The van der Waals surface area contributed by atoms with Crippen LogP contribution in [0.4, 0.5) is 0 Å². The van der Waals surface area contributed by atoms with E-state index in [1.807, 2.05) is 31.2 Å². The summed E-state index contributed by atoms with van der Waals surface area (Å²) in [6.07, 6.45) is 21.0. The first-order chi connectivity index (χ1) is 20.9. The van der Waals surface area contributed by atoms with Gasteiger partial charge < -0.3 is 14.2 Å². The van der Waals surface area contributed by atoms with Gasteiger partial charge in [-0.05, 0) is 81.6 Å². The summed E-state index contributed by atoms with van der Waals surface area (Å²) in [4.78, 5) is 4.97. The molecular formula is C36H48N2O5S. The van der Waals surface area contributed by atoms with Crippen molar-refractivity contribution >= 4 is 15.9 Å². The summed E-state index contributed by atoms with van der Waals surface area (Å²) in [5.41, 5.74) is 2.42. The number of nitrogens with zero attached hydrogens (tertiary/aromatic N) is 1. The van der Waals surface area contributed by atoms with Crippen molar-refractivity contribution in [3.63, 3.8) is 0 Å². The summed E-state index contributed by atoms with van der Waals surface area (Å²) < 4.78 is 47.7. The fourth-order valence-corrected chi connectivity index (χ4v) is 6.15. The van der Waals surface area contributed by atoms with Gasteiger partial charge in [-0.2, -0.15) is 0 Å². The van der Waals surface area contributed by atoms with Crippen LogP contribution in [0.1, 0.15) is 73.6 Å². The second-order valence-electron chi connectivity index (χ2n) is 11.9. The van der Waals surface area contributed by atoms with Crippen LogP contribution in [0.3, 0.4) is 0 Å². The molecule has 2 aliphatic carbocycles. The average Bonchev–Trinajstić information content (AvgIpc) is 2.99. The highest BCUT2D eigenvalue weighted by Crippen LogP contribution is 2.33. The van der Waals surface area contributed by atoms with E-state index in [0.717, 1.165) is 24.0 Å². The number of hydrogen-bond acceptors (Lipinski definition) is 6. The second kappa shape index (κ2) is 15.9. The van der Waals surface area contributed by atoms with Crippen molar-refractivity contribution in [3.05, 3.63) is 83.3 Å². The van der Waals surface area contributed by atoms with Gasteiger partial charge in [0.1, 0.15) is 4.75 Å². The van der Waals surface area contributed by atoms with Gasteiger partial charge in [0.25, 0.3) is 5.90 Å². The van der Waals surface area contributed by atoms with E-state index in [2.05, 4.69) is 49.6 Å². The van der Waals surface area contributed by atoms with Gasteiger partial charge in [0.15, 0.2) is 11.5 Å². The molecule has 0 bridgehead atoms. The maximum atomic E-state index is 13.9. The molecule has 2 aliphatic rings. The largest absolute Gasteiger partial charge is 0.493 e. The van der Waals surface area contributed by atoms with E-state index in [9.17, 15) is 8.42 Å². The van der Waals surface area contributed by atoms with E-state index in [4.69, 9.17) is 25.6 Å². The molecule has 3 unspecified atom stereocenters. The summed E-state index contributed by atoms with van der Waals surface area (Å²) in [5.74, 6) is 4.61. The van der Waals surface area contributed by atoms with E-state index in [-0.39, 0.29) is 23.4 Å². The molecule has 3 rings (SSSR count). The number of sulfonamides is 1. The Labute approximate surface area is 264 Å². The molecule has 3 atom stereocenters. The predicted octanol–water partition coefficient (Wildman–Crippen LogP) is 7.66. The second-order valence-corrected chi connectivity index (χ2v) is 14.1. The molecule has 8 heteroatoms. The van der Waals surface area contributed by atoms with E-state index >= 15 is 0 Å². The van der Waals surface area contributed by atoms with Crippen LogP contribution in [0.5, 0.6) is 11.5 Å². The van der Waals surface area contributed by atoms with Crippen molar-refractivity contribution in [2.24, 2.45) is 16.8 Å². The van der Waals surface area contributed by atoms with Crippen molar-refractivity contribution in [2.75, 3.05) is 13.7 Å². The van der Waals surface area contributed by atoms with Crippen LogP contribution in [0, 0.1) is 24.2 Å². The molecule has 0 aliphatic heterocycles. The predicted molar refractivity (Wildman–Crippen MR) is 180 cm³/mol. The van der Waals surface area contributed by atoms with E-state index in [1.165, 1.54) is 0 Å². The fraction of sp³-hybridized carbons (Fsp3) is 0.472. The van der Waals surface area contributed by atoms with Crippen LogP contribution in [0.2, 0.25) is 0 Å². The molecule has 0 radical (unpaired) electrons. The average molecular weight is 621 g/mol. The molecule has 0 amide bonds. The standard InChI is InChI=1S/C36H48N2O5S/c1-9-10-11-14-24-42-35(37-28(5)31-17-15-16-27(4)25-31)34(43-33-19-13-12-18-32(33)41-8)29(6)38-44(39,40)36(7)22-20-30(21-23-36)26(2)3/h1,12-13,15,17-22,25-28,38H,10-11,14,16,23-24H2,2-8H3/b34-29-,37-35?. The summed E-state index contributed by atoms with van der Waals surface area (Å²) in [6, 6.07) is 6.92. The minimum atomic E-state index is -3.91. The number of terminal acetylenes is 1. The SMILES string of the molecule is C#CCCCCOC(=NC(C)C1=CC(C)CC=C1)/C(Oc1ccccc1OC)=C(\C)NS(=O)(=O)C1(C)C=CC(C(C)C)=CC1. The Morgan fingerprint density at radius 1 is 1.16 bits per heavy atom. The molecule has 44 heavy (non-hydrogen) atoms. The summed E-state index contributed by atoms with van der Waals surface area (Å²) in [6.45, 7) is 12.1. The molecule has 0 heterocycles. The van der Waals surface area contributed by atoms with Gasteiger partial charge in [-0.25, -0.2) is 13.4 Å². The number of benzene rings is 1. The maximum Gasteiger partial charge on any atom is 0.255 e. The van der Waals surface area contributed by atoms with E-state index in [1.54, 1.807) is 39.2 Å². The molecule has 0 spiro atoms. The molecular weight excluding hydrogens is 572 g/mol. The van der Waals surface area contributed by atoms with Crippen molar-refractivity contribution < 1.29 is 22.6 Å². The first kappa shape index (κ1) is 34.8.